The maximum atomic E-state index is 11.4. The number of carbonyl (C=O) groups is 1. The van der Waals surface area contributed by atoms with Gasteiger partial charge in [-0.05, 0) is 79.5 Å². The first-order valence-electron chi connectivity index (χ1n) is 10.9. The first-order valence-corrected chi connectivity index (χ1v) is 10.9. The molecule has 0 radical (unpaired) electrons. The third-order valence-corrected chi connectivity index (χ3v) is 5.95. The van der Waals surface area contributed by atoms with E-state index in [-0.39, 0.29) is 5.91 Å². The minimum atomic E-state index is -0.0263. The normalized spacial score (nSPS) is 16.5. The molecule has 0 fully saturated rings. The van der Waals surface area contributed by atoms with Gasteiger partial charge in [-0.2, -0.15) is 0 Å². The van der Waals surface area contributed by atoms with Crippen LogP contribution in [0.3, 0.4) is 0 Å². The first-order chi connectivity index (χ1) is 14.5. The van der Waals surface area contributed by atoms with Crippen LogP contribution in [-0.4, -0.2) is 32.2 Å². The van der Waals surface area contributed by atoms with Crippen LogP contribution in [0, 0.1) is 0 Å². The quantitative estimate of drug-likeness (QED) is 0.638. The van der Waals surface area contributed by atoms with Crippen LogP contribution in [0.4, 0.5) is 5.69 Å². The maximum absolute atomic E-state index is 11.4. The minimum Gasteiger partial charge on any atom is -0.493 e. The number of rotatable bonds is 9. The molecule has 0 bridgehead atoms. The van der Waals surface area contributed by atoms with Crippen LogP contribution in [0.1, 0.15) is 49.8 Å². The Morgan fingerprint density at radius 3 is 2.60 bits per heavy atom. The topological polar surface area (TPSA) is 59.6 Å². The number of fused-ring (bicyclic) bond motifs is 1. The van der Waals surface area contributed by atoms with E-state index in [9.17, 15) is 4.79 Å². The molecule has 0 saturated carbocycles. The molecule has 2 N–H and O–H groups in total. The van der Waals surface area contributed by atoms with E-state index in [1.54, 1.807) is 21.1 Å². The van der Waals surface area contributed by atoms with Crippen molar-refractivity contribution in [3.8, 4) is 11.5 Å². The largest absolute Gasteiger partial charge is 0.493 e. The highest BCUT2D eigenvalue weighted by molar-refractivity contribution is 5.88. The van der Waals surface area contributed by atoms with Gasteiger partial charge in [0.1, 0.15) is 0 Å². The second-order valence-electron chi connectivity index (χ2n) is 8.10. The molecule has 0 saturated heterocycles. The summed E-state index contributed by atoms with van der Waals surface area (Å²) in [5, 5.41) is 6.78. The maximum Gasteiger partial charge on any atom is 0.221 e. The van der Waals surface area contributed by atoms with Crippen molar-refractivity contribution in [3.63, 3.8) is 0 Å². The number of nitrogens with one attached hydrogen (secondary N) is 2. The highest BCUT2D eigenvalue weighted by Gasteiger charge is 2.21. The van der Waals surface area contributed by atoms with Gasteiger partial charge in [0.15, 0.2) is 11.5 Å². The molecule has 1 amide bonds. The lowest BCUT2D eigenvalue weighted by molar-refractivity contribution is -0.114. The fourth-order valence-electron chi connectivity index (χ4n) is 4.30. The van der Waals surface area contributed by atoms with Crippen molar-refractivity contribution in [2.24, 2.45) is 0 Å². The third kappa shape index (κ3) is 5.76. The van der Waals surface area contributed by atoms with Gasteiger partial charge in [-0.15, -0.1) is 0 Å². The van der Waals surface area contributed by atoms with E-state index in [1.165, 1.54) is 16.7 Å². The lowest BCUT2D eigenvalue weighted by atomic mass is 9.87. The van der Waals surface area contributed by atoms with Crippen molar-refractivity contribution in [2.45, 2.75) is 64.5 Å². The third-order valence-electron chi connectivity index (χ3n) is 5.95. The molecule has 1 aliphatic carbocycles. The van der Waals surface area contributed by atoms with Crippen LogP contribution in [-0.2, 0) is 24.1 Å². The Morgan fingerprint density at radius 2 is 1.90 bits per heavy atom. The number of methoxy groups -OCH3 is 2. The molecule has 5 heteroatoms. The van der Waals surface area contributed by atoms with Gasteiger partial charge in [0.05, 0.1) is 14.2 Å². The summed E-state index contributed by atoms with van der Waals surface area (Å²) < 4.78 is 10.8. The van der Waals surface area contributed by atoms with Crippen molar-refractivity contribution in [2.75, 3.05) is 19.5 Å². The SMILES string of the molecule is CCC(CCc1ccc(OC)c(OC)c1)NC1CCc2ccc(NC(C)=O)cc2C1. The molecule has 0 aromatic heterocycles. The highest BCUT2D eigenvalue weighted by Crippen LogP contribution is 2.29. The van der Waals surface area contributed by atoms with E-state index < -0.39 is 0 Å². The van der Waals surface area contributed by atoms with Gasteiger partial charge in [-0.25, -0.2) is 0 Å². The molecule has 1 aliphatic rings. The lowest BCUT2D eigenvalue weighted by Gasteiger charge is -2.30. The predicted molar refractivity (Wildman–Crippen MR) is 122 cm³/mol. The Kier molecular flexibility index (Phi) is 7.75. The van der Waals surface area contributed by atoms with E-state index in [4.69, 9.17) is 9.47 Å². The second-order valence-corrected chi connectivity index (χ2v) is 8.10. The zero-order valence-corrected chi connectivity index (χ0v) is 18.6. The van der Waals surface area contributed by atoms with E-state index in [1.807, 2.05) is 12.1 Å². The molecule has 30 heavy (non-hydrogen) atoms. The summed E-state index contributed by atoms with van der Waals surface area (Å²) in [6.07, 6.45) is 6.43. The number of anilines is 1. The monoisotopic (exact) mass is 410 g/mol. The van der Waals surface area contributed by atoms with Gasteiger partial charge >= 0.3 is 0 Å². The zero-order chi connectivity index (χ0) is 21.5. The van der Waals surface area contributed by atoms with Crippen molar-refractivity contribution in [3.05, 3.63) is 53.1 Å². The van der Waals surface area contributed by atoms with Crippen LogP contribution in [0.2, 0.25) is 0 Å². The van der Waals surface area contributed by atoms with Crippen LogP contribution in [0.15, 0.2) is 36.4 Å². The Balaban J connectivity index is 1.58. The number of benzene rings is 2. The van der Waals surface area contributed by atoms with Crippen molar-refractivity contribution in [1.82, 2.24) is 5.32 Å². The summed E-state index contributed by atoms with van der Waals surface area (Å²) in [6, 6.07) is 13.4. The van der Waals surface area contributed by atoms with Crippen molar-refractivity contribution >= 4 is 11.6 Å². The van der Waals surface area contributed by atoms with E-state index in [0.29, 0.717) is 12.1 Å². The zero-order valence-electron chi connectivity index (χ0n) is 18.6. The molecular weight excluding hydrogens is 376 g/mol. The summed E-state index contributed by atoms with van der Waals surface area (Å²) in [5.74, 6) is 1.53. The van der Waals surface area contributed by atoms with Gasteiger partial charge in [-0.1, -0.05) is 19.1 Å². The molecule has 2 aromatic carbocycles. The molecule has 3 rings (SSSR count). The fourth-order valence-corrected chi connectivity index (χ4v) is 4.30. The average molecular weight is 411 g/mol. The summed E-state index contributed by atoms with van der Waals surface area (Å²) in [6.45, 7) is 3.80. The molecule has 0 aliphatic heterocycles. The molecule has 5 nitrogen and oxygen atoms in total. The van der Waals surface area contributed by atoms with E-state index >= 15 is 0 Å². The van der Waals surface area contributed by atoms with Crippen LogP contribution >= 0.6 is 0 Å². The van der Waals surface area contributed by atoms with Gasteiger partial charge in [0, 0.05) is 24.7 Å². The smallest absolute Gasteiger partial charge is 0.221 e. The molecule has 0 heterocycles. The highest BCUT2D eigenvalue weighted by atomic mass is 16.5. The van der Waals surface area contributed by atoms with Gasteiger partial charge in [0.2, 0.25) is 5.91 Å². The molecule has 0 spiro atoms. The number of hydrogen-bond donors (Lipinski definition) is 2. The van der Waals surface area contributed by atoms with Gasteiger partial charge < -0.3 is 20.1 Å². The van der Waals surface area contributed by atoms with E-state index in [2.05, 4.69) is 41.8 Å². The molecule has 2 unspecified atom stereocenters. The van der Waals surface area contributed by atoms with Crippen molar-refractivity contribution < 1.29 is 14.3 Å². The number of carbonyl (C=O) groups excluding carboxylic acids is 1. The molecular formula is C25H34N2O3. The Hall–Kier alpha value is -2.53. The fraction of sp³-hybridized carbons (Fsp3) is 0.480. The van der Waals surface area contributed by atoms with Crippen LogP contribution in [0.5, 0.6) is 11.5 Å². The average Bonchev–Trinajstić information content (AvgIpc) is 2.75. The molecule has 162 valence electrons. The second kappa shape index (κ2) is 10.5. The number of hydrogen-bond acceptors (Lipinski definition) is 4. The summed E-state index contributed by atoms with van der Waals surface area (Å²) in [5.41, 5.74) is 4.91. The van der Waals surface area contributed by atoms with Gasteiger partial charge in [-0.3, -0.25) is 4.79 Å². The molecule has 2 atom stereocenters. The lowest BCUT2D eigenvalue weighted by Crippen LogP contribution is -2.41. The number of ether oxygens (including phenoxy) is 2. The van der Waals surface area contributed by atoms with Gasteiger partial charge in [0.25, 0.3) is 0 Å². The van der Waals surface area contributed by atoms with Crippen molar-refractivity contribution in [1.29, 1.82) is 0 Å². The van der Waals surface area contributed by atoms with Crippen LogP contribution < -0.4 is 20.1 Å². The summed E-state index contributed by atoms with van der Waals surface area (Å²) in [4.78, 5) is 11.4. The van der Waals surface area contributed by atoms with Crippen LogP contribution in [0.25, 0.3) is 0 Å². The predicted octanol–water partition coefficient (Wildman–Crippen LogP) is 4.52. The van der Waals surface area contributed by atoms with E-state index in [0.717, 1.165) is 55.7 Å². The summed E-state index contributed by atoms with van der Waals surface area (Å²) >= 11 is 0. The Bertz CT molecular complexity index is 865. The number of amides is 1. The molecule has 2 aromatic rings. The summed E-state index contributed by atoms with van der Waals surface area (Å²) in [7, 11) is 3.34. The Morgan fingerprint density at radius 1 is 1.10 bits per heavy atom. The Labute approximate surface area is 180 Å². The standard InChI is InChI=1S/C25H34N2O3/c1-5-21(10-6-18-7-13-24(29-3)25(14-18)30-4)27-23-12-9-19-8-11-22(26-17(2)28)15-20(19)16-23/h7-8,11,13-15,21,23,27H,5-6,9-10,12,16H2,1-4H3,(H,26,28). The first kappa shape index (κ1) is 22.2. The minimum absolute atomic E-state index is 0.0263. The number of aryl methyl sites for hydroxylation is 2.